The van der Waals surface area contributed by atoms with E-state index in [1.807, 2.05) is 0 Å². The maximum atomic E-state index is 12.4. The van der Waals surface area contributed by atoms with Crippen molar-refractivity contribution in [3.63, 3.8) is 0 Å². The molecule has 0 unspecified atom stereocenters. The molecule has 2 rings (SSSR count). The van der Waals surface area contributed by atoms with Crippen LogP contribution in [0.5, 0.6) is 0 Å². The van der Waals surface area contributed by atoms with Crippen molar-refractivity contribution in [1.82, 2.24) is 4.31 Å². The summed E-state index contributed by atoms with van der Waals surface area (Å²) in [5.74, 6) is 0. The van der Waals surface area contributed by atoms with Crippen LogP contribution in [0.3, 0.4) is 0 Å². The lowest BCUT2D eigenvalue weighted by molar-refractivity contribution is -0.384. The van der Waals surface area contributed by atoms with Gasteiger partial charge in [0.15, 0.2) is 0 Å². The molecule has 1 aromatic carbocycles. The van der Waals surface area contributed by atoms with Gasteiger partial charge in [-0.1, -0.05) is 11.6 Å². The fourth-order valence-electron chi connectivity index (χ4n) is 1.85. The van der Waals surface area contributed by atoms with Gasteiger partial charge in [-0.2, -0.15) is 4.31 Å². The number of halogens is 1. The van der Waals surface area contributed by atoms with E-state index in [-0.39, 0.29) is 16.0 Å². The summed E-state index contributed by atoms with van der Waals surface area (Å²) in [5, 5.41) is 10.8. The van der Waals surface area contributed by atoms with Gasteiger partial charge in [0.25, 0.3) is 5.69 Å². The highest BCUT2D eigenvalue weighted by molar-refractivity contribution is 7.89. The van der Waals surface area contributed by atoms with E-state index in [9.17, 15) is 18.5 Å². The van der Waals surface area contributed by atoms with E-state index < -0.39 is 20.6 Å². The third-order valence-electron chi connectivity index (χ3n) is 3.16. The lowest BCUT2D eigenvalue weighted by atomic mass is 10.2. The maximum Gasteiger partial charge on any atom is 0.289 e. The van der Waals surface area contributed by atoms with E-state index in [0.717, 1.165) is 18.9 Å². The number of hydrogen-bond donors (Lipinski definition) is 0. The Bertz CT molecular complexity index is 640. The quantitative estimate of drug-likeness (QED) is 0.631. The van der Waals surface area contributed by atoms with Crippen molar-refractivity contribution in [3.05, 3.63) is 32.8 Å². The van der Waals surface area contributed by atoms with Gasteiger partial charge in [0.1, 0.15) is 5.02 Å². The summed E-state index contributed by atoms with van der Waals surface area (Å²) in [6, 6.07) is 2.35. The van der Waals surface area contributed by atoms with Crippen LogP contribution in [-0.4, -0.2) is 30.7 Å². The van der Waals surface area contributed by atoms with Crippen LogP contribution in [0.4, 0.5) is 5.69 Å². The van der Waals surface area contributed by atoms with E-state index >= 15 is 0 Å². The lowest BCUT2D eigenvalue weighted by Gasteiger charge is -2.17. The first-order chi connectivity index (χ1) is 8.75. The van der Waals surface area contributed by atoms with Crippen LogP contribution in [0.25, 0.3) is 0 Å². The Hall–Kier alpha value is -1.18. The van der Waals surface area contributed by atoms with Gasteiger partial charge in [-0.15, -0.1) is 0 Å². The van der Waals surface area contributed by atoms with E-state index in [1.165, 1.54) is 17.4 Å². The summed E-state index contributed by atoms with van der Waals surface area (Å²) in [4.78, 5) is 10.1. The normalized spacial score (nSPS) is 15.8. The largest absolute Gasteiger partial charge is 0.289 e. The molecule has 104 valence electrons. The predicted octanol–water partition coefficient (Wildman–Crippen LogP) is 2.34. The van der Waals surface area contributed by atoms with Crippen molar-refractivity contribution in [2.75, 3.05) is 7.05 Å². The molecule has 0 bridgehead atoms. The van der Waals surface area contributed by atoms with E-state index in [0.29, 0.717) is 5.56 Å². The summed E-state index contributed by atoms with van der Waals surface area (Å²) < 4.78 is 26.0. The van der Waals surface area contributed by atoms with Gasteiger partial charge in [0.05, 0.1) is 9.82 Å². The number of aryl methyl sites for hydroxylation is 1. The number of benzene rings is 1. The molecule has 19 heavy (non-hydrogen) atoms. The summed E-state index contributed by atoms with van der Waals surface area (Å²) in [7, 11) is -2.22. The van der Waals surface area contributed by atoms with Gasteiger partial charge >= 0.3 is 0 Å². The van der Waals surface area contributed by atoms with E-state index in [1.54, 1.807) is 6.92 Å². The van der Waals surface area contributed by atoms with Gasteiger partial charge in [-0.3, -0.25) is 10.1 Å². The first-order valence-corrected chi connectivity index (χ1v) is 7.49. The minimum atomic E-state index is -3.71. The monoisotopic (exact) mass is 304 g/mol. The predicted molar refractivity (Wildman–Crippen MR) is 70.8 cm³/mol. The standard InChI is InChI=1S/C11H13ClN2O4S/c1-7-5-9(12)10(14(15)16)6-11(7)19(17,18)13(2)8-3-4-8/h5-6,8H,3-4H2,1-2H3. The smallest absolute Gasteiger partial charge is 0.258 e. The second-order valence-corrected chi connectivity index (χ2v) is 6.95. The molecule has 0 amide bonds. The zero-order valence-electron chi connectivity index (χ0n) is 10.5. The fourth-order valence-corrected chi connectivity index (χ4v) is 3.78. The van der Waals surface area contributed by atoms with E-state index in [4.69, 9.17) is 11.6 Å². The lowest BCUT2D eigenvalue weighted by Crippen LogP contribution is -2.29. The second kappa shape index (κ2) is 4.73. The molecule has 8 heteroatoms. The summed E-state index contributed by atoms with van der Waals surface area (Å²) in [5.41, 5.74) is 0.0122. The zero-order valence-corrected chi connectivity index (χ0v) is 12.0. The minimum absolute atomic E-state index is 0.000802. The van der Waals surface area contributed by atoms with Crippen molar-refractivity contribution in [1.29, 1.82) is 0 Å². The summed E-state index contributed by atoms with van der Waals surface area (Å²) in [6.07, 6.45) is 1.65. The molecule has 1 aliphatic rings. The van der Waals surface area contributed by atoms with Crippen LogP contribution in [0.15, 0.2) is 17.0 Å². The number of nitro benzene ring substituents is 1. The number of nitrogens with zero attached hydrogens (tertiary/aromatic N) is 2. The summed E-state index contributed by atoms with van der Waals surface area (Å²) in [6.45, 7) is 1.57. The SMILES string of the molecule is Cc1cc(Cl)c([N+](=O)[O-])cc1S(=O)(=O)N(C)C1CC1. The Labute approximate surface area is 116 Å². The Morgan fingerprint density at radius 2 is 2.00 bits per heavy atom. The molecule has 0 atom stereocenters. The molecule has 1 aliphatic carbocycles. The highest BCUT2D eigenvalue weighted by Gasteiger charge is 2.36. The maximum absolute atomic E-state index is 12.4. The second-order valence-electron chi connectivity index (χ2n) is 4.58. The molecule has 0 aromatic heterocycles. The number of sulfonamides is 1. The van der Waals surface area contributed by atoms with Crippen molar-refractivity contribution < 1.29 is 13.3 Å². The first kappa shape index (κ1) is 14.2. The van der Waals surface area contributed by atoms with Gasteiger partial charge < -0.3 is 0 Å². The first-order valence-electron chi connectivity index (χ1n) is 5.67. The third kappa shape index (κ3) is 2.58. The number of rotatable bonds is 4. The topological polar surface area (TPSA) is 80.5 Å². The van der Waals surface area contributed by atoms with Gasteiger partial charge in [-0.25, -0.2) is 8.42 Å². The molecule has 6 nitrogen and oxygen atoms in total. The van der Waals surface area contributed by atoms with Crippen molar-refractivity contribution in [2.24, 2.45) is 0 Å². The fraction of sp³-hybridized carbons (Fsp3) is 0.455. The molecule has 1 aromatic rings. The molecule has 1 saturated carbocycles. The number of hydrogen-bond acceptors (Lipinski definition) is 4. The van der Waals surface area contributed by atoms with Gasteiger partial charge in [-0.05, 0) is 31.4 Å². The molecule has 0 aliphatic heterocycles. The van der Waals surface area contributed by atoms with E-state index in [2.05, 4.69) is 0 Å². The Balaban J connectivity index is 2.55. The van der Waals surface area contributed by atoms with Crippen LogP contribution in [0, 0.1) is 17.0 Å². The molecule has 0 radical (unpaired) electrons. The number of nitro groups is 1. The van der Waals surface area contributed by atoms with Crippen molar-refractivity contribution in [3.8, 4) is 0 Å². The minimum Gasteiger partial charge on any atom is -0.258 e. The van der Waals surface area contributed by atoms with Crippen LogP contribution in [0.2, 0.25) is 5.02 Å². The molecule has 0 N–H and O–H groups in total. The van der Waals surface area contributed by atoms with Crippen LogP contribution < -0.4 is 0 Å². The third-order valence-corrected chi connectivity index (χ3v) is 5.51. The van der Waals surface area contributed by atoms with Crippen LogP contribution >= 0.6 is 11.6 Å². The van der Waals surface area contributed by atoms with Crippen molar-refractivity contribution >= 4 is 27.3 Å². The van der Waals surface area contributed by atoms with Gasteiger partial charge in [0.2, 0.25) is 10.0 Å². The molecule has 1 fully saturated rings. The Morgan fingerprint density at radius 1 is 1.42 bits per heavy atom. The molecule has 0 spiro atoms. The highest BCUT2D eigenvalue weighted by atomic mass is 35.5. The highest BCUT2D eigenvalue weighted by Crippen LogP contribution is 2.35. The van der Waals surface area contributed by atoms with Crippen LogP contribution in [0.1, 0.15) is 18.4 Å². The molecule has 0 saturated heterocycles. The summed E-state index contributed by atoms with van der Waals surface area (Å²) >= 11 is 5.75. The Morgan fingerprint density at radius 3 is 2.47 bits per heavy atom. The molecule has 0 heterocycles. The average molecular weight is 305 g/mol. The average Bonchev–Trinajstić information content (AvgIpc) is 3.10. The molecular weight excluding hydrogens is 292 g/mol. The van der Waals surface area contributed by atoms with Crippen molar-refractivity contribution in [2.45, 2.75) is 30.7 Å². The zero-order chi connectivity index (χ0) is 14.4. The molecular formula is C11H13ClN2O4S. The van der Waals surface area contributed by atoms with Gasteiger partial charge in [0, 0.05) is 19.2 Å². The Kier molecular flexibility index (Phi) is 3.55. The van der Waals surface area contributed by atoms with Crippen LogP contribution in [-0.2, 0) is 10.0 Å².